The fourth-order valence-corrected chi connectivity index (χ4v) is 5.11. The average Bonchev–Trinajstić information content (AvgIpc) is 3.11. The van der Waals surface area contributed by atoms with Crippen LogP contribution in [-0.4, -0.2) is 13.6 Å². The highest BCUT2D eigenvalue weighted by molar-refractivity contribution is 5.43. The maximum Gasteiger partial charge on any atom is 0.00160 e. The highest BCUT2D eigenvalue weighted by Gasteiger charge is 2.94. The molecule has 0 amide bonds. The Labute approximate surface area is 108 Å². The molecule has 0 aliphatic heterocycles. The molecule has 0 heterocycles. The molecule has 0 aromatic heterocycles. The lowest BCUT2D eigenvalue weighted by atomic mass is 9.74. The molecule has 17 heavy (non-hydrogen) atoms. The van der Waals surface area contributed by atoms with E-state index in [4.69, 9.17) is 0 Å². The van der Waals surface area contributed by atoms with Crippen molar-refractivity contribution in [1.29, 1.82) is 0 Å². The molecule has 5 unspecified atom stereocenters. The second-order valence-corrected chi connectivity index (χ2v) is 7.12. The number of hydrogen-bond acceptors (Lipinski definition) is 1. The van der Waals surface area contributed by atoms with E-state index in [2.05, 4.69) is 47.0 Å². The molecule has 1 nitrogen and oxygen atoms in total. The van der Waals surface area contributed by atoms with Crippen LogP contribution in [0.4, 0.5) is 0 Å². The van der Waals surface area contributed by atoms with Crippen LogP contribution in [0.1, 0.15) is 60.3 Å². The average molecular weight is 237 g/mol. The summed E-state index contributed by atoms with van der Waals surface area (Å²) in [6.07, 6.45) is 5.65. The summed E-state index contributed by atoms with van der Waals surface area (Å²) in [6.45, 7) is 13.4. The Morgan fingerprint density at radius 2 is 1.76 bits per heavy atom. The van der Waals surface area contributed by atoms with E-state index in [1.807, 2.05) is 0 Å². The van der Waals surface area contributed by atoms with Gasteiger partial charge in [0.15, 0.2) is 0 Å². The van der Waals surface area contributed by atoms with Crippen molar-refractivity contribution in [1.82, 2.24) is 5.32 Å². The Hall–Kier alpha value is -0.0400. The zero-order chi connectivity index (χ0) is 12.9. The normalized spacial score (nSPS) is 46.2. The van der Waals surface area contributed by atoms with Crippen molar-refractivity contribution in [2.45, 2.75) is 60.3 Å². The van der Waals surface area contributed by atoms with Crippen LogP contribution in [0.25, 0.3) is 0 Å². The van der Waals surface area contributed by atoms with Gasteiger partial charge >= 0.3 is 0 Å². The minimum Gasteiger partial charge on any atom is -0.319 e. The number of hydrogen-bond donors (Lipinski definition) is 1. The molecule has 5 atom stereocenters. The summed E-state index contributed by atoms with van der Waals surface area (Å²) in [6, 6.07) is 0. The molecular weight excluding hydrogens is 206 g/mol. The van der Waals surface area contributed by atoms with Gasteiger partial charge in [0, 0.05) is 6.54 Å². The highest BCUT2D eigenvalue weighted by atomic mass is 15.0. The molecular formula is C16H31N. The summed E-state index contributed by atoms with van der Waals surface area (Å²) in [5, 5.41) is 3.44. The van der Waals surface area contributed by atoms with E-state index < -0.39 is 0 Å². The van der Waals surface area contributed by atoms with E-state index in [0.717, 1.165) is 11.8 Å². The minimum absolute atomic E-state index is 0.639. The lowest BCUT2D eigenvalue weighted by molar-refractivity contribution is 0.188. The van der Waals surface area contributed by atoms with E-state index in [0.29, 0.717) is 16.2 Å². The van der Waals surface area contributed by atoms with E-state index >= 15 is 0 Å². The van der Waals surface area contributed by atoms with Gasteiger partial charge in [0.05, 0.1) is 0 Å². The molecule has 1 heteroatoms. The topological polar surface area (TPSA) is 12.0 Å². The van der Waals surface area contributed by atoms with Crippen molar-refractivity contribution in [2.24, 2.45) is 28.1 Å². The summed E-state index contributed by atoms with van der Waals surface area (Å²) < 4.78 is 0. The van der Waals surface area contributed by atoms with Gasteiger partial charge in [0.25, 0.3) is 0 Å². The van der Waals surface area contributed by atoms with Crippen molar-refractivity contribution in [3.63, 3.8) is 0 Å². The number of fused-ring (bicyclic) bond motifs is 1. The van der Waals surface area contributed by atoms with Crippen molar-refractivity contribution in [3.05, 3.63) is 0 Å². The molecule has 0 spiro atoms. The monoisotopic (exact) mass is 237 g/mol. The molecule has 1 N–H and O–H groups in total. The highest BCUT2D eigenvalue weighted by Crippen LogP contribution is 2.99. The van der Waals surface area contributed by atoms with Gasteiger partial charge in [-0.05, 0) is 54.4 Å². The van der Waals surface area contributed by atoms with Gasteiger partial charge in [-0.2, -0.15) is 0 Å². The minimum atomic E-state index is 0.639. The van der Waals surface area contributed by atoms with Crippen molar-refractivity contribution < 1.29 is 0 Å². The largest absolute Gasteiger partial charge is 0.319 e. The first-order chi connectivity index (χ1) is 7.94. The fraction of sp³-hybridized carbons (Fsp3) is 1.00. The maximum atomic E-state index is 3.44. The van der Waals surface area contributed by atoms with E-state index in [-0.39, 0.29) is 0 Å². The van der Waals surface area contributed by atoms with E-state index in [9.17, 15) is 0 Å². The lowest BCUT2D eigenvalue weighted by Crippen LogP contribution is -2.27. The quantitative estimate of drug-likeness (QED) is 0.703. The summed E-state index contributed by atoms with van der Waals surface area (Å²) in [5.74, 6) is 1.77. The molecule has 2 aliphatic carbocycles. The molecule has 0 bridgehead atoms. The first kappa shape index (κ1) is 13.4. The van der Waals surface area contributed by atoms with Crippen LogP contribution in [0, 0.1) is 28.1 Å². The van der Waals surface area contributed by atoms with Crippen LogP contribution in [-0.2, 0) is 0 Å². The summed E-state index contributed by atoms with van der Waals surface area (Å²) in [4.78, 5) is 0. The standard InChI is InChI=1S/C16H31N/c1-7-12(3)13(4)9-14(5)15(8-2)10-16(14,15)11-17-6/h12-13,17H,7-11H2,1-6H3. The fourth-order valence-electron chi connectivity index (χ4n) is 5.11. The number of rotatable bonds is 7. The van der Waals surface area contributed by atoms with Crippen LogP contribution in [0.3, 0.4) is 0 Å². The van der Waals surface area contributed by atoms with Crippen LogP contribution in [0.5, 0.6) is 0 Å². The first-order valence-electron chi connectivity index (χ1n) is 7.59. The predicted octanol–water partition coefficient (Wildman–Crippen LogP) is 4.08. The van der Waals surface area contributed by atoms with Crippen molar-refractivity contribution in [3.8, 4) is 0 Å². The predicted molar refractivity (Wildman–Crippen MR) is 75.0 cm³/mol. The van der Waals surface area contributed by atoms with E-state index in [1.165, 1.54) is 32.2 Å². The molecule has 2 fully saturated rings. The Kier molecular flexibility index (Phi) is 3.14. The molecule has 0 aromatic rings. The Bertz CT molecular complexity index is 300. The molecule has 100 valence electrons. The molecule has 0 radical (unpaired) electrons. The van der Waals surface area contributed by atoms with Gasteiger partial charge in [0.1, 0.15) is 0 Å². The lowest BCUT2D eigenvalue weighted by Gasteiger charge is -2.31. The molecule has 2 saturated carbocycles. The van der Waals surface area contributed by atoms with Gasteiger partial charge in [-0.25, -0.2) is 0 Å². The zero-order valence-electron chi connectivity index (χ0n) is 12.7. The Balaban J connectivity index is 2.02. The van der Waals surface area contributed by atoms with Crippen molar-refractivity contribution >= 4 is 0 Å². The third-order valence-corrected chi connectivity index (χ3v) is 6.87. The van der Waals surface area contributed by atoms with Gasteiger partial charge in [-0.3, -0.25) is 0 Å². The van der Waals surface area contributed by atoms with Gasteiger partial charge in [-0.15, -0.1) is 0 Å². The SMILES string of the molecule is CCC(C)C(C)CC1(C)C2(CC)CC12CNC. The Morgan fingerprint density at radius 1 is 1.12 bits per heavy atom. The van der Waals surface area contributed by atoms with Gasteiger partial charge in [-0.1, -0.05) is 41.0 Å². The van der Waals surface area contributed by atoms with Crippen LogP contribution in [0.2, 0.25) is 0 Å². The molecule has 2 rings (SSSR count). The van der Waals surface area contributed by atoms with Gasteiger partial charge in [0.2, 0.25) is 0 Å². The second-order valence-electron chi connectivity index (χ2n) is 7.12. The number of nitrogens with one attached hydrogen (secondary N) is 1. The third kappa shape index (κ3) is 1.41. The second kappa shape index (κ2) is 3.98. The Morgan fingerprint density at radius 3 is 2.24 bits per heavy atom. The van der Waals surface area contributed by atoms with Crippen LogP contribution in [0.15, 0.2) is 0 Å². The summed E-state index contributed by atoms with van der Waals surface area (Å²) in [7, 11) is 2.12. The third-order valence-electron chi connectivity index (χ3n) is 6.87. The van der Waals surface area contributed by atoms with Crippen molar-refractivity contribution in [2.75, 3.05) is 13.6 Å². The summed E-state index contributed by atoms with van der Waals surface area (Å²) in [5.41, 5.74) is 2.02. The first-order valence-corrected chi connectivity index (χ1v) is 7.59. The summed E-state index contributed by atoms with van der Waals surface area (Å²) >= 11 is 0. The van der Waals surface area contributed by atoms with Crippen LogP contribution < -0.4 is 5.32 Å². The van der Waals surface area contributed by atoms with Crippen LogP contribution >= 0.6 is 0 Å². The molecule has 2 aliphatic rings. The van der Waals surface area contributed by atoms with E-state index in [1.54, 1.807) is 0 Å². The zero-order valence-corrected chi connectivity index (χ0v) is 12.7. The molecule has 0 saturated heterocycles. The van der Waals surface area contributed by atoms with Gasteiger partial charge < -0.3 is 5.32 Å². The molecule has 0 aromatic carbocycles. The smallest absolute Gasteiger partial charge is 0.00160 e. The maximum absolute atomic E-state index is 3.44.